The number of anilines is 1. The van der Waals surface area contributed by atoms with E-state index in [2.05, 4.69) is 22.1 Å². The van der Waals surface area contributed by atoms with E-state index in [1.807, 2.05) is 66.4 Å². The first-order valence-corrected chi connectivity index (χ1v) is 9.79. The maximum Gasteiger partial charge on any atom is 0.322 e. The molecule has 0 saturated heterocycles. The van der Waals surface area contributed by atoms with Crippen molar-refractivity contribution < 1.29 is 14.3 Å². The zero-order valence-corrected chi connectivity index (χ0v) is 16.7. The number of methoxy groups -OCH3 is 1. The molecular formula is C23H25N3O3. The van der Waals surface area contributed by atoms with E-state index in [-0.39, 0.29) is 12.1 Å². The highest BCUT2D eigenvalue weighted by Gasteiger charge is 2.32. The normalized spacial score (nSPS) is 15.5. The van der Waals surface area contributed by atoms with Gasteiger partial charge in [-0.2, -0.15) is 0 Å². The van der Waals surface area contributed by atoms with Crippen LogP contribution in [0.3, 0.4) is 0 Å². The predicted octanol–water partition coefficient (Wildman–Crippen LogP) is 4.53. The number of carbonyl (C=O) groups is 1. The first kappa shape index (κ1) is 18.9. The monoisotopic (exact) mass is 391 g/mol. The minimum absolute atomic E-state index is 0.135. The van der Waals surface area contributed by atoms with E-state index in [4.69, 9.17) is 9.47 Å². The average Bonchev–Trinajstić information content (AvgIpc) is 3.23. The van der Waals surface area contributed by atoms with Gasteiger partial charge in [0.05, 0.1) is 19.8 Å². The highest BCUT2D eigenvalue weighted by molar-refractivity contribution is 5.90. The Hall–Kier alpha value is -3.41. The molecule has 1 aromatic heterocycles. The fourth-order valence-corrected chi connectivity index (χ4v) is 3.76. The quantitative estimate of drug-likeness (QED) is 0.695. The summed E-state index contributed by atoms with van der Waals surface area (Å²) < 4.78 is 13.0. The second kappa shape index (κ2) is 8.31. The summed E-state index contributed by atoms with van der Waals surface area (Å²) in [7, 11) is 1.61. The molecule has 0 saturated carbocycles. The van der Waals surface area contributed by atoms with Crippen LogP contribution < -0.4 is 14.8 Å². The van der Waals surface area contributed by atoms with Crippen LogP contribution >= 0.6 is 0 Å². The van der Waals surface area contributed by atoms with Gasteiger partial charge >= 0.3 is 6.03 Å². The zero-order valence-electron chi connectivity index (χ0n) is 16.7. The van der Waals surface area contributed by atoms with E-state index in [9.17, 15) is 4.79 Å². The number of benzene rings is 2. The molecule has 2 heterocycles. The Morgan fingerprint density at radius 1 is 1.07 bits per heavy atom. The molecule has 0 aliphatic carbocycles. The van der Waals surface area contributed by atoms with Crippen LogP contribution in [0.25, 0.3) is 0 Å². The van der Waals surface area contributed by atoms with E-state index in [1.165, 1.54) is 0 Å². The van der Waals surface area contributed by atoms with Crippen LogP contribution in [0.1, 0.15) is 24.2 Å². The van der Waals surface area contributed by atoms with Crippen molar-refractivity contribution in [3.63, 3.8) is 0 Å². The maximum atomic E-state index is 13.2. The Bertz CT molecular complexity index is 981. The number of hydrogen-bond donors (Lipinski definition) is 1. The summed E-state index contributed by atoms with van der Waals surface area (Å²) in [5, 5.41) is 3.01. The van der Waals surface area contributed by atoms with Crippen LogP contribution in [0, 0.1) is 0 Å². The van der Waals surface area contributed by atoms with Gasteiger partial charge in [0, 0.05) is 36.7 Å². The molecule has 1 aliphatic rings. The van der Waals surface area contributed by atoms with Gasteiger partial charge in [-0.15, -0.1) is 0 Å². The minimum atomic E-state index is -0.167. The standard InChI is InChI=1S/C23H25N3O3/c1-3-29-19-11-9-17(10-12-19)22-21-8-5-13-25(21)14-15-26(22)23(27)24-18-6-4-7-20(16-18)28-2/h4-13,16,22H,3,14-15H2,1-2H3,(H,24,27)/t22-/m0/s1. The molecule has 1 aliphatic heterocycles. The summed E-state index contributed by atoms with van der Waals surface area (Å²) in [6, 6.07) is 19.2. The fraction of sp³-hybridized carbons (Fsp3) is 0.261. The predicted molar refractivity (Wildman–Crippen MR) is 113 cm³/mol. The molecule has 6 heteroatoms. The topological polar surface area (TPSA) is 55.7 Å². The molecule has 6 nitrogen and oxygen atoms in total. The maximum absolute atomic E-state index is 13.2. The van der Waals surface area contributed by atoms with Gasteiger partial charge < -0.3 is 24.3 Å². The first-order chi connectivity index (χ1) is 14.2. The van der Waals surface area contributed by atoms with Gasteiger partial charge in [0.2, 0.25) is 0 Å². The van der Waals surface area contributed by atoms with Crippen molar-refractivity contribution in [2.45, 2.75) is 19.5 Å². The molecule has 0 unspecified atom stereocenters. The number of nitrogens with zero attached hydrogens (tertiary/aromatic N) is 2. The van der Waals surface area contributed by atoms with Crippen LogP contribution in [0.4, 0.5) is 10.5 Å². The number of ether oxygens (including phenoxy) is 2. The third-order valence-electron chi connectivity index (χ3n) is 5.13. The van der Waals surface area contributed by atoms with Crippen molar-refractivity contribution in [3.8, 4) is 11.5 Å². The van der Waals surface area contributed by atoms with Crippen LogP contribution in [-0.2, 0) is 6.54 Å². The van der Waals surface area contributed by atoms with Crippen LogP contribution in [0.2, 0.25) is 0 Å². The molecule has 0 spiro atoms. The second-order valence-corrected chi connectivity index (χ2v) is 6.89. The molecule has 1 N–H and O–H groups in total. The molecule has 0 radical (unpaired) electrons. The van der Waals surface area contributed by atoms with Gasteiger partial charge in [0.1, 0.15) is 11.5 Å². The largest absolute Gasteiger partial charge is 0.497 e. The Morgan fingerprint density at radius 3 is 2.66 bits per heavy atom. The van der Waals surface area contributed by atoms with Gasteiger partial charge in [-0.3, -0.25) is 0 Å². The van der Waals surface area contributed by atoms with Gasteiger partial charge in [-0.05, 0) is 48.9 Å². The fourth-order valence-electron chi connectivity index (χ4n) is 3.76. The van der Waals surface area contributed by atoms with Crippen molar-refractivity contribution in [3.05, 3.63) is 78.1 Å². The van der Waals surface area contributed by atoms with E-state index >= 15 is 0 Å². The second-order valence-electron chi connectivity index (χ2n) is 6.89. The van der Waals surface area contributed by atoms with Crippen LogP contribution in [0.15, 0.2) is 66.9 Å². The van der Waals surface area contributed by atoms with Gasteiger partial charge in [-0.25, -0.2) is 4.79 Å². The SMILES string of the molecule is CCOc1ccc([C@H]2c3cccn3CCN2C(=O)Nc2cccc(OC)c2)cc1. The minimum Gasteiger partial charge on any atom is -0.497 e. The van der Waals surface area contributed by atoms with E-state index < -0.39 is 0 Å². The molecule has 2 aromatic carbocycles. The number of rotatable bonds is 5. The van der Waals surface area contributed by atoms with Crippen molar-refractivity contribution in [2.75, 3.05) is 25.6 Å². The molecule has 29 heavy (non-hydrogen) atoms. The molecule has 150 valence electrons. The summed E-state index contributed by atoms with van der Waals surface area (Å²) in [5.41, 5.74) is 2.86. The third kappa shape index (κ3) is 3.92. The van der Waals surface area contributed by atoms with Crippen LogP contribution in [0.5, 0.6) is 11.5 Å². The summed E-state index contributed by atoms with van der Waals surface area (Å²) in [5.74, 6) is 1.54. The van der Waals surface area contributed by atoms with Crippen molar-refractivity contribution >= 4 is 11.7 Å². The molecular weight excluding hydrogens is 366 g/mol. The summed E-state index contributed by atoms with van der Waals surface area (Å²) in [6.07, 6.45) is 2.06. The van der Waals surface area contributed by atoms with Gasteiger partial charge in [0.15, 0.2) is 0 Å². The van der Waals surface area contributed by atoms with Gasteiger partial charge in [-0.1, -0.05) is 18.2 Å². The van der Waals surface area contributed by atoms with E-state index in [0.717, 1.165) is 23.6 Å². The van der Waals surface area contributed by atoms with Crippen molar-refractivity contribution in [1.29, 1.82) is 0 Å². The van der Waals surface area contributed by atoms with E-state index in [1.54, 1.807) is 7.11 Å². The zero-order chi connectivity index (χ0) is 20.2. The Morgan fingerprint density at radius 2 is 1.90 bits per heavy atom. The highest BCUT2D eigenvalue weighted by atomic mass is 16.5. The molecule has 4 rings (SSSR count). The average molecular weight is 391 g/mol. The van der Waals surface area contributed by atoms with Gasteiger partial charge in [0.25, 0.3) is 0 Å². The molecule has 1 atom stereocenters. The number of hydrogen-bond acceptors (Lipinski definition) is 3. The third-order valence-corrected chi connectivity index (χ3v) is 5.13. The number of amides is 2. The lowest BCUT2D eigenvalue weighted by Gasteiger charge is -2.37. The number of aromatic nitrogens is 1. The lowest BCUT2D eigenvalue weighted by Crippen LogP contribution is -2.44. The van der Waals surface area contributed by atoms with Crippen molar-refractivity contribution in [1.82, 2.24) is 9.47 Å². The Labute approximate surface area is 170 Å². The lowest BCUT2D eigenvalue weighted by molar-refractivity contribution is 0.182. The first-order valence-electron chi connectivity index (χ1n) is 9.79. The molecule has 3 aromatic rings. The van der Waals surface area contributed by atoms with E-state index in [0.29, 0.717) is 24.6 Å². The Kier molecular flexibility index (Phi) is 5.42. The lowest BCUT2D eigenvalue weighted by atomic mass is 10.00. The highest BCUT2D eigenvalue weighted by Crippen LogP contribution is 2.34. The number of urea groups is 1. The van der Waals surface area contributed by atoms with Crippen molar-refractivity contribution in [2.24, 2.45) is 0 Å². The Balaban J connectivity index is 1.63. The number of fused-ring (bicyclic) bond motifs is 1. The molecule has 0 bridgehead atoms. The molecule has 2 amide bonds. The molecule has 0 fully saturated rings. The number of nitrogens with one attached hydrogen (secondary N) is 1. The summed E-state index contributed by atoms with van der Waals surface area (Å²) >= 11 is 0. The number of carbonyl (C=O) groups excluding carboxylic acids is 1. The summed E-state index contributed by atoms with van der Waals surface area (Å²) in [4.78, 5) is 15.1. The smallest absolute Gasteiger partial charge is 0.322 e. The summed E-state index contributed by atoms with van der Waals surface area (Å²) in [6.45, 7) is 3.98. The van der Waals surface area contributed by atoms with Crippen LogP contribution in [-0.4, -0.2) is 35.8 Å².